The van der Waals surface area contributed by atoms with Crippen LogP contribution in [0.5, 0.6) is 0 Å². The summed E-state index contributed by atoms with van der Waals surface area (Å²) in [6.45, 7) is 0. The van der Waals surface area contributed by atoms with Crippen LogP contribution >= 0.6 is 0 Å². The van der Waals surface area contributed by atoms with Crippen LogP contribution in [0.4, 0.5) is 11.4 Å². The molecule has 0 heterocycles. The van der Waals surface area contributed by atoms with E-state index in [1.165, 1.54) is 0 Å². The molecule has 2 aromatic rings. The largest absolute Gasteiger partial charge is 0.192 e. The smallest absolute Gasteiger partial charge is 0.0852 e. The SMILES string of the molecule is CN=Nc1ccc(-c2ccc(N=NC)cc2)cc1. The first-order valence-electron chi connectivity index (χ1n) is 5.63. The molecule has 90 valence electrons. The van der Waals surface area contributed by atoms with Crippen LogP contribution in [0, 0.1) is 0 Å². The molecule has 0 aliphatic rings. The van der Waals surface area contributed by atoms with Crippen LogP contribution < -0.4 is 0 Å². The molecule has 0 saturated carbocycles. The second kappa shape index (κ2) is 5.82. The third-order valence-corrected chi connectivity index (χ3v) is 2.50. The molecule has 2 rings (SSSR count). The third kappa shape index (κ3) is 2.85. The van der Waals surface area contributed by atoms with Crippen molar-refractivity contribution < 1.29 is 0 Å². The summed E-state index contributed by atoms with van der Waals surface area (Å²) in [4.78, 5) is 0. The van der Waals surface area contributed by atoms with Gasteiger partial charge in [0.15, 0.2) is 0 Å². The summed E-state index contributed by atoms with van der Waals surface area (Å²) in [6.07, 6.45) is 0. The van der Waals surface area contributed by atoms with E-state index in [1.54, 1.807) is 14.1 Å². The summed E-state index contributed by atoms with van der Waals surface area (Å²) in [7, 11) is 3.32. The fourth-order valence-corrected chi connectivity index (χ4v) is 1.67. The van der Waals surface area contributed by atoms with Gasteiger partial charge < -0.3 is 0 Å². The Labute approximate surface area is 106 Å². The van der Waals surface area contributed by atoms with Crippen molar-refractivity contribution in [2.75, 3.05) is 14.1 Å². The molecule has 18 heavy (non-hydrogen) atoms. The van der Waals surface area contributed by atoms with E-state index in [-0.39, 0.29) is 0 Å². The van der Waals surface area contributed by atoms with Crippen molar-refractivity contribution in [1.29, 1.82) is 0 Å². The molecule has 2 aromatic carbocycles. The van der Waals surface area contributed by atoms with E-state index in [9.17, 15) is 0 Å². The van der Waals surface area contributed by atoms with Crippen molar-refractivity contribution in [2.24, 2.45) is 20.5 Å². The maximum Gasteiger partial charge on any atom is 0.0852 e. The molecule has 0 aromatic heterocycles. The summed E-state index contributed by atoms with van der Waals surface area (Å²) in [5.74, 6) is 0. The predicted molar refractivity (Wildman–Crippen MR) is 72.8 cm³/mol. The molecule has 0 unspecified atom stereocenters. The Bertz CT molecular complexity index is 500. The zero-order valence-electron chi connectivity index (χ0n) is 10.4. The van der Waals surface area contributed by atoms with E-state index in [4.69, 9.17) is 0 Å². The molecule has 0 fully saturated rings. The van der Waals surface area contributed by atoms with Gasteiger partial charge in [-0.3, -0.25) is 0 Å². The van der Waals surface area contributed by atoms with Crippen LogP contribution in [-0.2, 0) is 0 Å². The normalized spacial score (nSPS) is 11.4. The Hall–Kier alpha value is -2.36. The molecule has 0 aliphatic carbocycles. The number of benzene rings is 2. The quantitative estimate of drug-likeness (QED) is 0.691. The number of hydrogen-bond acceptors (Lipinski definition) is 4. The van der Waals surface area contributed by atoms with Gasteiger partial charge in [-0.25, -0.2) is 0 Å². The fourth-order valence-electron chi connectivity index (χ4n) is 1.67. The highest BCUT2D eigenvalue weighted by Gasteiger charge is 1.98. The van der Waals surface area contributed by atoms with Gasteiger partial charge in [0.25, 0.3) is 0 Å². The first-order valence-corrected chi connectivity index (χ1v) is 5.63. The predicted octanol–water partition coefficient (Wildman–Crippen LogP) is 4.78. The molecule has 4 heteroatoms. The van der Waals surface area contributed by atoms with Crippen LogP contribution in [0.1, 0.15) is 0 Å². The van der Waals surface area contributed by atoms with Gasteiger partial charge in [-0.15, -0.1) is 0 Å². The van der Waals surface area contributed by atoms with Crippen molar-refractivity contribution in [3.63, 3.8) is 0 Å². The number of azo groups is 2. The van der Waals surface area contributed by atoms with Crippen molar-refractivity contribution in [2.45, 2.75) is 0 Å². The van der Waals surface area contributed by atoms with E-state index in [0.29, 0.717) is 0 Å². The highest BCUT2D eigenvalue weighted by molar-refractivity contribution is 5.66. The van der Waals surface area contributed by atoms with Crippen LogP contribution in [0.2, 0.25) is 0 Å². The van der Waals surface area contributed by atoms with Gasteiger partial charge in [-0.1, -0.05) is 24.3 Å². The lowest BCUT2D eigenvalue weighted by Gasteiger charge is -2.02. The molecule has 0 atom stereocenters. The zero-order chi connectivity index (χ0) is 12.8. The molecule has 0 N–H and O–H groups in total. The molecule has 0 amide bonds. The lowest BCUT2D eigenvalue weighted by atomic mass is 10.1. The summed E-state index contributed by atoms with van der Waals surface area (Å²) < 4.78 is 0. The topological polar surface area (TPSA) is 49.4 Å². The first-order chi connectivity index (χ1) is 8.83. The molecule has 0 spiro atoms. The second-order valence-electron chi connectivity index (χ2n) is 3.69. The standard InChI is InChI=1S/C14H14N4/c1-15-17-13-7-3-11(4-8-13)12-5-9-14(10-6-12)18-16-2/h3-10H,1-2H3. The van der Waals surface area contributed by atoms with Crippen molar-refractivity contribution in [3.8, 4) is 11.1 Å². The minimum Gasteiger partial charge on any atom is -0.192 e. The fraction of sp³-hybridized carbons (Fsp3) is 0.143. The lowest BCUT2D eigenvalue weighted by Crippen LogP contribution is -1.76. The second-order valence-corrected chi connectivity index (χ2v) is 3.69. The molecule has 0 bridgehead atoms. The van der Waals surface area contributed by atoms with E-state index < -0.39 is 0 Å². The van der Waals surface area contributed by atoms with Gasteiger partial charge in [0.2, 0.25) is 0 Å². The Balaban J connectivity index is 2.25. The summed E-state index contributed by atoms with van der Waals surface area (Å²) in [5, 5.41) is 15.4. The van der Waals surface area contributed by atoms with Gasteiger partial charge in [0, 0.05) is 14.1 Å². The van der Waals surface area contributed by atoms with Gasteiger partial charge in [0.1, 0.15) is 0 Å². The average molecular weight is 238 g/mol. The Kier molecular flexibility index (Phi) is 3.91. The molecule has 0 saturated heterocycles. The monoisotopic (exact) mass is 238 g/mol. The van der Waals surface area contributed by atoms with E-state index in [2.05, 4.69) is 20.5 Å². The van der Waals surface area contributed by atoms with Gasteiger partial charge in [0.05, 0.1) is 11.4 Å². The maximum atomic E-state index is 3.98. The van der Waals surface area contributed by atoms with Crippen molar-refractivity contribution in [3.05, 3.63) is 48.5 Å². The van der Waals surface area contributed by atoms with Gasteiger partial charge in [-0.05, 0) is 35.4 Å². The van der Waals surface area contributed by atoms with Crippen LogP contribution in [0.3, 0.4) is 0 Å². The molecular formula is C14H14N4. The van der Waals surface area contributed by atoms with Crippen molar-refractivity contribution >= 4 is 11.4 Å². The summed E-state index contributed by atoms with van der Waals surface area (Å²) >= 11 is 0. The number of rotatable bonds is 3. The van der Waals surface area contributed by atoms with Gasteiger partial charge >= 0.3 is 0 Å². The van der Waals surface area contributed by atoms with Crippen LogP contribution in [0.25, 0.3) is 11.1 Å². The molecule has 4 nitrogen and oxygen atoms in total. The lowest BCUT2D eigenvalue weighted by molar-refractivity contribution is 1.17. The minimum atomic E-state index is 0.859. The van der Waals surface area contributed by atoms with Crippen LogP contribution in [-0.4, -0.2) is 14.1 Å². The molecular weight excluding hydrogens is 224 g/mol. The van der Waals surface area contributed by atoms with E-state index in [0.717, 1.165) is 22.5 Å². The first kappa shape index (κ1) is 12.1. The Morgan fingerprint density at radius 2 is 0.889 bits per heavy atom. The zero-order valence-corrected chi connectivity index (χ0v) is 10.4. The van der Waals surface area contributed by atoms with Crippen LogP contribution in [0.15, 0.2) is 69.0 Å². The van der Waals surface area contributed by atoms with Gasteiger partial charge in [-0.2, -0.15) is 20.5 Å². The molecule has 0 radical (unpaired) electrons. The maximum absolute atomic E-state index is 3.98. The third-order valence-electron chi connectivity index (χ3n) is 2.50. The highest BCUT2D eigenvalue weighted by Crippen LogP contribution is 2.25. The highest BCUT2D eigenvalue weighted by atomic mass is 15.1. The van der Waals surface area contributed by atoms with Crippen molar-refractivity contribution in [1.82, 2.24) is 0 Å². The number of nitrogens with zero attached hydrogens (tertiary/aromatic N) is 4. The summed E-state index contributed by atoms with van der Waals surface area (Å²) in [6, 6.07) is 15.9. The minimum absolute atomic E-state index is 0.859. The van der Waals surface area contributed by atoms with E-state index >= 15 is 0 Å². The molecule has 0 aliphatic heterocycles. The Morgan fingerprint density at radius 1 is 0.556 bits per heavy atom. The Morgan fingerprint density at radius 3 is 1.17 bits per heavy atom. The number of hydrogen-bond donors (Lipinski definition) is 0. The van der Waals surface area contributed by atoms with E-state index in [1.807, 2.05) is 48.5 Å². The summed E-state index contributed by atoms with van der Waals surface area (Å²) in [5.41, 5.74) is 4.00. The average Bonchev–Trinajstić information content (AvgIpc) is 2.41.